The van der Waals surface area contributed by atoms with Gasteiger partial charge in [0.15, 0.2) is 0 Å². The van der Waals surface area contributed by atoms with E-state index < -0.39 is 5.60 Å². The van der Waals surface area contributed by atoms with E-state index in [1.165, 1.54) is 0 Å². The minimum Gasteiger partial charge on any atom is -0.444 e. The molecule has 0 radical (unpaired) electrons. The normalized spacial score (nSPS) is 16.8. The second kappa shape index (κ2) is 7.25. The Hall–Kier alpha value is -3.33. The Kier molecular flexibility index (Phi) is 4.75. The molecule has 0 spiro atoms. The highest BCUT2D eigenvalue weighted by Gasteiger charge is 2.34. The summed E-state index contributed by atoms with van der Waals surface area (Å²) in [6.07, 6.45) is 1.53. The standard InChI is InChI=1S/C23H24N4O2/c1-23(2,3)29-22(28)27-10-4-5-21(27)20-13-19(25-26-20)17-9-8-16-7-6-15(14-24)11-18(16)12-17/h6-9,11-13,21H,4-5,10H2,1-3H3,(H,25,26). The van der Waals surface area contributed by atoms with Crippen molar-refractivity contribution in [3.8, 4) is 17.3 Å². The number of likely N-dealkylation sites (tertiary alicyclic amines) is 1. The molecule has 3 aromatic rings. The summed E-state index contributed by atoms with van der Waals surface area (Å²) in [4.78, 5) is 14.4. The Balaban J connectivity index is 1.60. The molecule has 4 rings (SSSR count). The van der Waals surface area contributed by atoms with Crippen molar-refractivity contribution in [1.29, 1.82) is 5.26 Å². The van der Waals surface area contributed by atoms with Crippen molar-refractivity contribution >= 4 is 16.9 Å². The zero-order chi connectivity index (χ0) is 20.6. The highest BCUT2D eigenvalue weighted by atomic mass is 16.6. The molecule has 1 aromatic heterocycles. The number of H-pyrrole nitrogens is 1. The first-order valence-electron chi connectivity index (χ1n) is 9.83. The molecule has 1 aliphatic rings. The fourth-order valence-electron chi connectivity index (χ4n) is 3.76. The van der Waals surface area contributed by atoms with E-state index in [0.29, 0.717) is 12.1 Å². The van der Waals surface area contributed by atoms with Gasteiger partial charge in [-0.1, -0.05) is 18.2 Å². The van der Waals surface area contributed by atoms with E-state index in [4.69, 9.17) is 10.00 Å². The zero-order valence-corrected chi connectivity index (χ0v) is 16.9. The maximum atomic E-state index is 12.6. The highest BCUT2D eigenvalue weighted by molar-refractivity contribution is 5.87. The number of hydrogen-bond donors (Lipinski definition) is 1. The van der Waals surface area contributed by atoms with Gasteiger partial charge in [-0.15, -0.1) is 0 Å². The number of aromatic nitrogens is 2. The number of carbonyl (C=O) groups is 1. The number of nitrogens with one attached hydrogen (secondary N) is 1. The summed E-state index contributed by atoms with van der Waals surface area (Å²) in [7, 11) is 0. The van der Waals surface area contributed by atoms with Crippen LogP contribution in [-0.2, 0) is 4.74 Å². The van der Waals surface area contributed by atoms with Gasteiger partial charge in [0, 0.05) is 12.1 Å². The van der Waals surface area contributed by atoms with Crippen LogP contribution in [0.5, 0.6) is 0 Å². The molecule has 1 N–H and O–H groups in total. The van der Waals surface area contributed by atoms with Gasteiger partial charge < -0.3 is 4.74 Å². The molecular formula is C23H24N4O2. The van der Waals surface area contributed by atoms with Crippen LogP contribution in [0.2, 0.25) is 0 Å². The quantitative estimate of drug-likeness (QED) is 0.656. The van der Waals surface area contributed by atoms with Crippen LogP contribution in [0.15, 0.2) is 42.5 Å². The number of aromatic amines is 1. The molecule has 1 amide bonds. The Morgan fingerprint density at radius 3 is 2.76 bits per heavy atom. The summed E-state index contributed by atoms with van der Waals surface area (Å²) in [6, 6.07) is 15.9. The van der Waals surface area contributed by atoms with Crippen molar-refractivity contribution in [3.63, 3.8) is 0 Å². The Morgan fingerprint density at radius 2 is 2.00 bits per heavy atom. The fourth-order valence-corrected chi connectivity index (χ4v) is 3.76. The third-order valence-electron chi connectivity index (χ3n) is 5.10. The lowest BCUT2D eigenvalue weighted by Gasteiger charge is -2.28. The summed E-state index contributed by atoms with van der Waals surface area (Å²) >= 11 is 0. The first kappa shape index (κ1) is 19.0. The van der Waals surface area contributed by atoms with Crippen LogP contribution in [0.1, 0.15) is 50.9 Å². The molecule has 1 aliphatic heterocycles. The lowest BCUT2D eigenvalue weighted by Crippen LogP contribution is -2.36. The van der Waals surface area contributed by atoms with Gasteiger partial charge >= 0.3 is 6.09 Å². The Bertz CT molecular complexity index is 1100. The van der Waals surface area contributed by atoms with E-state index in [2.05, 4.69) is 16.3 Å². The second-order valence-corrected chi connectivity index (χ2v) is 8.43. The number of hydrogen-bond acceptors (Lipinski definition) is 4. The number of carbonyl (C=O) groups excluding carboxylic acids is 1. The number of ether oxygens (including phenoxy) is 1. The molecule has 1 fully saturated rings. The largest absolute Gasteiger partial charge is 0.444 e. The van der Waals surface area contributed by atoms with Gasteiger partial charge in [-0.2, -0.15) is 10.4 Å². The molecule has 29 heavy (non-hydrogen) atoms. The zero-order valence-electron chi connectivity index (χ0n) is 16.9. The van der Waals surface area contributed by atoms with Crippen molar-refractivity contribution < 1.29 is 9.53 Å². The maximum absolute atomic E-state index is 12.6. The van der Waals surface area contributed by atoms with Crippen LogP contribution in [0, 0.1) is 11.3 Å². The minimum atomic E-state index is -0.517. The number of nitriles is 1. The van der Waals surface area contributed by atoms with Gasteiger partial charge in [-0.25, -0.2) is 4.79 Å². The number of fused-ring (bicyclic) bond motifs is 1. The van der Waals surface area contributed by atoms with Crippen LogP contribution in [0.25, 0.3) is 22.0 Å². The summed E-state index contributed by atoms with van der Waals surface area (Å²) in [6.45, 7) is 6.31. The lowest BCUT2D eigenvalue weighted by atomic mass is 10.0. The van der Waals surface area contributed by atoms with Gasteiger partial charge in [-0.05, 0) is 68.7 Å². The predicted octanol–water partition coefficient (Wildman–Crippen LogP) is 5.17. The first-order chi connectivity index (χ1) is 13.8. The molecule has 6 heteroatoms. The lowest BCUT2D eigenvalue weighted by molar-refractivity contribution is 0.0221. The molecule has 0 aliphatic carbocycles. The van der Waals surface area contributed by atoms with Crippen LogP contribution in [0.4, 0.5) is 4.79 Å². The smallest absolute Gasteiger partial charge is 0.410 e. The van der Waals surface area contributed by atoms with Crippen LogP contribution < -0.4 is 0 Å². The Labute approximate surface area is 170 Å². The van der Waals surface area contributed by atoms with Crippen LogP contribution in [0.3, 0.4) is 0 Å². The number of nitrogens with zero attached hydrogens (tertiary/aromatic N) is 3. The van der Waals surface area contributed by atoms with Gasteiger partial charge in [0.25, 0.3) is 0 Å². The minimum absolute atomic E-state index is 0.0586. The van der Waals surface area contributed by atoms with Crippen molar-refractivity contribution in [2.75, 3.05) is 6.54 Å². The molecule has 1 atom stereocenters. The second-order valence-electron chi connectivity index (χ2n) is 8.43. The van der Waals surface area contributed by atoms with Gasteiger partial charge in [0.05, 0.1) is 29.1 Å². The van der Waals surface area contributed by atoms with Crippen molar-refractivity contribution in [2.24, 2.45) is 0 Å². The average molecular weight is 388 g/mol. The maximum Gasteiger partial charge on any atom is 0.410 e. The number of amides is 1. The molecular weight excluding hydrogens is 364 g/mol. The number of benzene rings is 2. The van der Waals surface area contributed by atoms with E-state index >= 15 is 0 Å². The SMILES string of the molecule is CC(C)(C)OC(=O)N1CCCC1c1cc(-c2ccc3ccc(C#N)cc3c2)n[nH]1. The molecule has 1 saturated heterocycles. The van der Waals surface area contributed by atoms with E-state index in [0.717, 1.165) is 40.6 Å². The molecule has 6 nitrogen and oxygen atoms in total. The number of rotatable bonds is 2. The Morgan fingerprint density at radius 1 is 1.21 bits per heavy atom. The molecule has 0 saturated carbocycles. The predicted molar refractivity (Wildman–Crippen MR) is 111 cm³/mol. The van der Waals surface area contributed by atoms with E-state index in [-0.39, 0.29) is 12.1 Å². The van der Waals surface area contributed by atoms with E-state index in [9.17, 15) is 4.79 Å². The fraction of sp³-hybridized carbons (Fsp3) is 0.348. The molecule has 2 aromatic carbocycles. The molecule has 148 valence electrons. The van der Waals surface area contributed by atoms with E-state index in [1.807, 2.05) is 63.2 Å². The van der Waals surface area contributed by atoms with Crippen molar-refractivity contribution in [2.45, 2.75) is 45.3 Å². The average Bonchev–Trinajstić information content (AvgIpc) is 3.35. The van der Waals surface area contributed by atoms with Crippen molar-refractivity contribution in [3.05, 3.63) is 53.7 Å². The van der Waals surface area contributed by atoms with Gasteiger partial charge in [0.2, 0.25) is 0 Å². The molecule has 0 bridgehead atoms. The topological polar surface area (TPSA) is 82.0 Å². The van der Waals surface area contributed by atoms with Gasteiger partial charge in [-0.3, -0.25) is 10.00 Å². The van der Waals surface area contributed by atoms with Crippen LogP contribution >= 0.6 is 0 Å². The third-order valence-corrected chi connectivity index (χ3v) is 5.10. The van der Waals surface area contributed by atoms with E-state index in [1.54, 1.807) is 4.90 Å². The molecule has 1 unspecified atom stereocenters. The summed E-state index contributed by atoms with van der Waals surface area (Å²) in [5, 5.41) is 18.8. The molecule has 2 heterocycles. The van der Waals surface area contributed by atoms with Crippen LogP contribution in [-0.4, -0.2) is 33.3 Å². The summed E-state index contributed by atoms with van der Waals surface area (Å²) < 4.78 is 5.56. The van der Waals surface area contributed by atoms with Gasteiger partial charge in [0.1, 0.15) is 5.60 Å². The monoisotopic (exact) mass is 388 g/mol. The van der Waals surface area contributed by atoms with Crippen molar-refractivity contribution in [1.82, 2.24) is 15.1 Å². The summed E-state index contributed by atoms with van der Waals surface area (Å²) in [5.41, 5.74) is 2.82. The summed E-state index contributed by atoms with van der Waals surface area (Å²) in [5.74, 6) is 0. The first-order valence-corrected chi connectivity index (χ1v) is 9.83. The highest BCUT2D eigenvalue weighted by Crippen LogP contribution is 2.34. The third kappa shape index (κ3) is 3.95.